The average Bonchev–Trinajstić information content (AvgIpc) is 3.58. The molecule has 266 valence electrons. The molecule has 0 radical (unpaired) electrons. The lowest BCUT2D eigenvalue weighted by atomic mass is 9.83. The largest absolute Gasteiger partial charge is 0.507 e. The molecule has 0 unspecified atom stereocenters. The zero-order chi connectivity index (χ0) is 37.6. The summed E-state index contributed by atoms with van der Waals surface area (Å²) in [6, 6.07) is 47.1. The topological polar surface area (TPSA) is 76.7 Å². The summed E-state index contributed by atoms with van der Waals surface area (Å²) in [5.41, 5.74) is 10.9. The van der Waals surface area contributed by atoms with E-state index < -0.39 is 0 Å². The minimum Gasteiger partial charge on any atom is -0.507 e. The number of hydrogen-bond donors (Lipinski definition) is 1. The van der Waals surface area contributed by atoms with Crippen LogP contribution in [-0.4, -0.2) is 29.6 Å². The van der Waals surface area contributed by atoms with Crippen molar-refractivity contribution in [3.63, 3.8) is 0 Å². The Morgan fingerprint density at radius 3 is 1.87 bits per heavy atom. The third-order valence-electron chi connectivity index (χ3n) is 9.90. The monoisotopic (exact) mass is 705 g/mol. The van der Waals surface area contributed by atoms with Gasteiger partial charge in [0.25, 0.3) is 0 Å². The highest BCUT2D eigenvalue weighted by Crippen LogP contribution is 2.41. The third kappa shape index (κ3) is 6.67. The van der Waals surface area contributed by atoms with Crippen LogP contribution >= 0.6 is 0 Å². The molecule has 8 rings (SSSR count). The Balaban J connectivity index is 1.45. The van der Waals surface area contributed by atoms with Gasteiger partial charge in [0.05, 0.1) is 28.0 Å². The number of fused-ring (bicyclic) bond motifs is 1. The Labute approximate surface area is 316 Å². The van der Waals surface area contributed by atoms with Crippen LogP contribution in [0.15, 0.2) is 146 Å². The Bertz CT molecular complexity index is 2560. The number of aromatic hydroxyl groups is 1. The molecule has 0 atom stereocenters. The number of phenols is 1. The lowest BCUT2D eigenvalue weighted by molar-refractivity contribution is 0.475. The highest BCUT2D eigenvalue weighted by atomic mass is 16.3. The Morgan fingerprint density at radius 2 is 1.19 bits per heavy atom. The van der Waals surface area contributed by atoms with Crippen LogP contribution in [0.3, 0.4) is 0 Å². The maximum Gasteiger partial charge on any atom is 0.162 e. The summed E-state index contributed by atoms with van der Waals surface area (Å²) >= 11 is 0. The smallest absolute Gasteiger partial charge is 0.162 e. The van der Waals surface area contributed by atoms with Gasteiger partial charge in [-0.1, -0.05) is 133 Å². The molecule has 8 aromatic rings. The van der Waals surface area contributed by atoms with Crippen molar-refractivity contribution in [2.24, 2.45) is 0 Å². The summed E-state index contributed by atoms with van der Waals surface area (Å²) in [6.45, 7) is 13.2. The highest BCUT2D eigenvalue weighted by Gasteiger charge is 2.25. The first-order valence-corrected chi connectivity index (χ1v) is 18.4. The van der Waals surface area contributed by atoms with Crippen LogP contribution in [0.4, 0.5) is 0 Å². The third-order valence-corrected chi connectivity index (χ3v) is 9.90. The quantitative estimate of drug-likeness (QED) is 0.186. The molecule has 0 fully saturated rings. The number of nitrogens with zero attached hydrogens (tertiary/aromatic N) is 5. The zero-order valence-electron chi connectivity index (χ0n) is 31.5. The second-order valence-corrected chi connectivity index (χ2v) is 15.9. The Hall–Kier alpha value is -6.40. The maximum absolute atomic E-state index is 11.6. The van der Waals surface area contributed by atoms with E-state index in [2.05, 4.69) is 101 Å². The van der Waals surface area contributed by atoms with Crippen molar-refractivity contribution in [2.75, 3.05) is 0 Å². The van der Waals surface area contributed by atoms with Crippen LogP contribution in [-0.2, 0) is 10.8 Å². The summed E-state index contributed by atoms with van der Waals surface area (Å²) in [5.74, 6) is 1.99. The van der Waals surface area contributed by atoms with Crippen LogP contribution in [0, 0.1) is 0 Å². The van der Waals surface area contributed by atoms with E-state index in [1.165, 1.54) is 5.56 Å². The van der Waals surface area contributed by atoms with E-state index in [-0.39, 0.29) is 16.6 Å². The van der Waals surface area contributed by atoms with Crippen LogP contribution in [0.2, 0.25) is 0 Å². The van der Waals surface area contributed by atoms with E-state index in [9.17, 15) is 5.11 Å². The Kier molecular flexibility index (Phi) is 8.69. The van der Waals surface area contributed by atoms with Crippen molar-refractivity contribution < 1.29 is 5.11 Å². The standard InChI is InChI=1S/C48H43N5O/c1-47(2,3)35-23-24-42(54)38(29-35)46-52-44-37(33-26-34(39-21-13-14-25-49-39)28-36(27-33)48(4,5)6)20-15-22-41(44)53(46)43-30-40(31-16-9-7-10-17-31)50-45(51-43)32-18-11-8-12-19-32/h7-30,54H,1-6H3. The zero-order valence-corrected chi connectivity index (χ0v) is 31.5. The van der Waals surface area contributed by atoms with Crippen LogP contribution in [0.25, 0.3) is 73.3 Å². The lowest BCUT2D eigenvalue weighted by Gasteiger charge is -2.21. The van der Waals surface area contributed by atoms with Gasteiger partial charge in [0, 0.05) is 34.5 Å². The van der Waals surface area contributed by atoms with Gasteiger partial charge < -0.3 is 5.11 Å². The van der Waals surface area contributed by atoms with Crippen molar-refractivity contribution in [2.45, 2.75) is 52.4 Å². The molecule has 0 spiro atoms. The molecule has 6 heteroatoms. The van der Waals surface area contributed by atoms with Gasteiger partial charge in [-0.3, -0.25) is 9.55 Å². The van der Waals surface area contributed by atoms with Gasteiger partial charge in [0.1, 0.15) is 11.6 Å². The van der Waals surface area contributed by atoms with E-state index >= 15 is 0 Å². The van der Waals surface area contributed by atoms with E-state index in [1.807, 2.05) is 85.1 Å². The molecule has 6 nitrogen and oxygen atoms in total. The van der Waals surface area contributed by atoms with Gasteiger partial charge in [-0.05, 0) is 70.0 Å². The minimum atomic E-state index is -0.157. The van der Waals surface area contributed by atoms with E-state index in [1.54, 1.807) is 6.07 Å². The molecule has 5 aromatic carbocycles. The molecule has 0 amide bonds. The first-order valence-electron chi connectivity index (χ1n) is 18.4. The number of hydrogen-bond acceptors (Lipinski definition) is 5. The number of pyridine rings is 1. The fraction of sp³-hybridized carbons (Fsp3) is 0.167. The first kappa shape index (κ1) is 34.7. The molecule has 3 aromatic heterocycles. The molecule has 0 aliphatic heterocycles. The van der Waals surface area contributed by atoms with Crippen molar-refractivity contribution in [1.82, 2.24) is 24.5 Å². The summed E-state index contributed by atoms with van der Waals surface area (Å²) in [5, 5.41) is 11.6. The molecule has 0 saturated carbocycles. The average molecular weight is 706 g/mol. The van der Waals surface area contributed by atoms with E-state index in [0.29, 0.717) is 23.0 Å². The molecular weight excluding hydrogens is 663 g/mol. The Morgan fingerprint density at radius 1 is 0.500 bits per heavy atom. The number of aromatic nitrogens is 5. The van der Waals surface area contributed by atoms with Crippen molar-refractivity contribution in [3.05, 3.63) is 157 Å². The van der Waals surface area contributed by atoms with Gasteiger partial charge in [-0.2, -0.15) is 0 Å². The normalized spacial score (nSPS) is 12.0. The SMILES string of the molecule is CC(C)(C)c1cc(-c2ccccn2)cc(-c2cccc3c2nc(-c2cc(C(C)(C)C)ccc2O)n3-c2cc(-c3ccccc3)nc(-c3ccccc3)n2)c1. The summed E-state index contributed by atoms with van der Waals surface area (Å²) in [6.07, 6.45) is 1.83. The van der Waals surface area contributed by atoms with E-state index in [4.69, 9.17) is 19.9 Å². The highest BCUT2D eigenvalue weighted by molar-refractivity contribution is 5.96. The number of para-hydroxylation sites is 1. The van der Waals surface area contributed by atoms with Crippen molar-refractivity contribution >= 4 is 11.0 Å². The maximum atomic E-state index is 11.6. The van der Waals surface area contributed by atoms with Crippen LogP contribution in [0.5, 0.6) is 5.75 Å². The van der Waals surface area contributed by atoms with Crippen LogP contribution < -0.4 is 0 Å². The van der Waals surface area contributed by atoms with Gasteiger partial charge in [0.15, 0.2) is 11.6 Å². The first-order chi connectivity index (χ1) is 25.9. The van der Waals surface area contributed by atoms with Gasteiger partial charge >= 0.3 is 0 Å². The summed E-state index contributed by atoms with van der Waals surface area (Å²) < 4.78 is 2.08. The van der Waals surface area contributed by atoms with Gasteiger partial charge in [-0.25, -0.2) is 15.0 Å². The second kappa shape index (κ2) is 13.5. The number of imidazole rings is 1. The predicted octanol–water partition coefficient (Wildman–Crippen LogP) is 11.8. The fourth-order valence-electron chi connectivity index (χ4n) is 6.85. The van der Waals surface area contributed by atoms with Crippen molar-refractivity contribution in [1.29, 1.82) is 0 Å². The summed E-state index contributed by atoms with van der Waals surface area (Å²) in [4.78, 5) is 20.5. The number of phenolic OH excluding ortho intramolecular Hbond substituents is 1. The molecule has 0 aliphatic carbocycles. The fourth-order valence-corrected chi connectivity index (χ4v) is 6.85. The second-order valence-electron chi connectivity index (χ2n) is 15.9. The molecule has 0 saturated heterocycles. The van der Waals surface area contributed by atoms with Gasteiger partial charge in [-0.15, -0.1) is 0 Å². The summed E-state index contributed by atoms with van der Waals surface area (Å²) in [7, 11) is 0. The van der Waals surface area contributed by atoms with Gasteiger partial charge in [0.2, 0.25) is 0 Å². The molecule has 54 heavy (non-hydrogen) atoms. The minimum absolute atomic E-state index is 0.111. The van der Waals surface area contributed by atoms with E-state index in [0.717, 1.165) is 55.8 Å². The predicted molar refractivity (Wildman–Crippen MR) is 221 cm³/mol. The van der Waals surface area contributed by atoms with Crippen LogP contribution in [0.1, 0.15) is 52.7 Å². The molecule has 3 heterocycles. The number of benzene rings is 5. The molecule has 0 bridgehead atoms. The molecule has 1 N–H and O–H groups in total. The molecular formula is C48H43N5O. The molecule has 0 aliphatic rings. The van der Waals surface area contributed by atoms with Crippen molar-refractivity contribution in [3.8, 4) is 68.0 Å². The lowest BCUT2D eigenvalue weighted by Crippen LogP contribution is -2.11. The number of rotatable bonds is 6.